The van der Waals surface area contributed by atoms with Gasteiger partial charge in [-0.05, 0) is 24.7 Å². The van der Waals surface area contributed by atoms with Crippen LogP contribution >= 0.6 is 0 Å². The fraction of sp³-hybridized carbons (Fsp3) is 0.909. The molecule has 0 saturated heterocycles. The first-order valence-corrected chi connectivity index (χ1v) is 5.34. The van der Waals surface area contributed by atoms with E-state index in [-0.39, 0.29) is 12.0 Å². The molecule has 0 aromatic carbocycles. The van der Waals surface area contributed by atoms with Crippen molar-refractivity contribution in [2.45, 2.75) is 46.1 Å². The summed E-state index contributed by atoms with van der Waals surface area (Å²) in [6, 6.07) is 0.0787. The number of hydrogen-bond donors (Lipinski definition) is 1. The van der Waals surface area contributed by atoms with E-state index < -0.39 is 0 Å². The van der Waals surface area contributed by atoms with E-state index in [1.165, 1.54) is 0 Å². The molecule has 0 radical (unpaired) electrons. The SMILES string of the molecule is CCC(N)C1C(=O)CC(C)CC1C. The van der Waals surface area contributed by atoms with Gasteiger partial charge in [-0.1, -0.05) is 20.8 Å². The molecular formula is C11H21NO. The van der Waals surface area contributed by atoms with Gasteiger partial charge < -0.3 is 5.73 Å². The fourth-order valence-corrected chi connectivity index (χ4v) is 2.58. The zero-order chi connectivity index (χ0) is 10.0. The summed E-state index contributed by atoms with van der Waals surface area (Å²) in [5.41, 5.74) is 5.95. The van der Waals surface area contributed by atoms with Gasteiger partial charge in [0.2, 0.25) is 0 Å². The van der Waals surface area contributed by atoms with Crippen LogP contribution in [-0.2, 0) is 4.79 Å². The average Bonchev–Trinajstić information content (AvgIpc) is 2.02. The maximum atomic E-state index is 11.7. The Balaban J connectivity index is 2.67. The van der Waals surface area contributed by atoms with E-state index in [1.807, 2.05) is 0 Å². The molecule has 13 heavy (non-hydrogen) atoms. The van der Waals surface area contributed by atoms with Crippen LogP contribution in [0.25, 0.3) is 0 Å². The van der Waals surface area contributed by atoms with Gasteiger partial charge in [-0.2, -0.15) is 0 Å². The minimum Gasteiger partial charge on any atom is -0.327 e. The second-order valence-corrected chi connectivity index (χ2v) is 4.59. The first-order valence-electron chi connectivity index (χ1n) is 5.34. The molecule has 4 atom stereocenters. The maximum absolute atomic E-state index is 11.7. The highest BCUT2D eigenvalue weighted by Gasteiger charge is 2.35. The molecule has 0 aliphatic heterocycles. The van der Waals surface area contributed by atoms with Crippen molar-refractivity contribution < 1.29 is 4.79 Å². The van der Waals surface area contributed by atoms with Crippen LogP contribution in [0.15, 0.2) is 0 Å². The summed E-state index contributed by atoms with van der Waals surface area (Å²) in [7, 11) is 0. The van der Waals surface area contributed by atoms with Gasteiger partial charge >= 0.3 is 0 Å². The first kappa shape index (κ1) is 10.7. The molecule has 0 amide bonds. The Labute approximate surface area is 80.9 Å². The quantitative estimate of drug-likeness (QED) is 0.711. The van der Waals surface area contributed by atoms with Gasteiger partial charge in [-0.25, -0.2) is 0 Å². The first-order chi connectivity index (χ1) is 6.06. The normalized spacial score (nSPS) is 37.5. The molecule has 76 valence electrons. The van der Waals surface area contributed by atoms with E-state index in [4.69, 9.17) is 5.73 Å². The maximum Gasteiger partial charge on any atom is 0.138 e. The van der Waals surface area contributed by atoms with E-state index in [1.54, 1.807) is 0 Å². The summed E-state index contributed by atoms with van der Waals surface area (Å²) in [6.45, 7) is 6.37. The van der Waals surface area contributed by atoms with Crippen molar-refractivity contribution in [3.63, 3.8) is 0 Å². The van der Waals surface area contributed by atoms with Crippen LogP contribution in [0.1, 0.15) is 40.0 Å². The predicted octanol–water partition coefficient (Wildman–Crippen LogP) is 1.97. The highest BCUT2D eigenvalue weighted by molar-refractivity contribution is 5.82. The van der Waals surface area contributed by atoms with Crippen molar-refractivity contribution in [3.05, 3.63) is 0 Å². The molecular weight excluding hydrogens is 162 g/mol. The Morgan fingerprint density at radius 1 is 1.54 bits per heavy atom. The second kappa shape index (κ2) is 4.23. The van der Waals surface area contributed by atoms with Crippen LogP contribution in [0.4, 0.5) is 0 Å². The number of ketones is 1. The molecule has 1 aliphatic carbocycles. The van der Waals surface area contributed by atoms with E-state index >= 15 is 0 Å². The highest BCUT2D eigenvalue weighted by Crippen LogP contribution is 2.32. The summed E-state index contributed by atoms with van der Waals surface area (Å²) in [5.74, 6) is 1.55. The van der Waals surface area contributed by atoms with Gasteiger partial charge in [-0.15, -0.1) is 0 Å². The molecule has 1 rings (SSSR count). The van der Waals surface area contributed by atoms with Crippen molar-refractivity contribution in [2.75, 3.05) is 0 Å². The van der Waals surface area contributed by atoms with Gasteiger partial charge in [0.15, 0.2) is 0 Å². The summed E-state index contributed by atoms with van der Waals surface area (Å²) in [5, 5.41) is 0. The van der Waals surface area contributed by atoms with Gasteiger partial charge in [0, 0.05) is 18.4 Å². The third kappa shape index (κ3) is 2.31. The van der Waals surface area contributed by atoms with Gasteiger partial charge in [-0.3, -0.25) is 4.79 Å². The van der Waals surface area contributed by atoms with Gasteiger partial charge in [0.05, 0.1) is 0 Å². The van der Waals surface area contributed by atoms with Crippen LogP contribution in [0.2, 0.25) is 0 Å². The minimum absolute atomic E-state index is 0.0787. The molecule has 2 heteroatoms. The fourth-order valence-electron chi connectivity index (χ4n) is 2.58. The van der Waals surface area contributed by atoms with E-state index in [0.717, 1.165) is 19.3 Å². The largest absolute Gasteiger partial charge is 0.327 e. The summed E-state index contributed by atoms with van der Waals surface area (Å²) < 4.78 is 0. The van der Waals surface area contributed by atoms with Crippen LogP contribution in [0.5, 0.6) is 0 Å². The number of carbonyl (C=O) groups is 1. The van der Waals surface area contributed by atoms with Gasteiger partial charge in [0.25, 0.3) is 0 Å². The summed E-state index contributed by atoms with van der Waals surface area (Å²) >= 11 is 0. The average molecular weight is 183 g/mol. The lowest BCUT2D eigenvalue weighted by Gasteiger charge is -2.34. The number of rotatable bonds is 2. The lowest BCUT2D eigenvalue weighted by molar-refractivity contribution is -0.128. The predicted molar refractivity (Wildman–Crippen MR) is 54.3 cm³/mol. The molecule has 0 bridgehead atoms. The van der Waals surface area contributed by atoms with Crippen LogP contribution < -0.4 is 5.73 Å². The van der Waals surface area contributed by atoms with Crippen LogP contribution in [0.3, 0.4) is 0 Å². The van der Waals surface area contributed by atoms with E-state index in [0.29, 0.717) is 17.6 Å². The smallest absolute Gasteiger partial charge is 0.138 e. The topological polar surface area (TPSA) is 43.1 Å². The molecule has 2 N–H and O–H groups in total. The van der Waals surface area contributed by atoms with Crippen molar-refractivity contribution in [1.82, 2.24) is 0 Å². The van der Waals surface area contributed by atoms with E-state index in [9.17, 15) is 4.79 Å². The third-order valence-corrected chi connectivity index (χ3v) is 3.24. The number of Topliss-reactive ketones (excluding diaryl/α,β-unsaturated/α-hetero) is 1. The van der Waals surface area contributed by atoms with Crippen molar-refractivity contribution in [1.29, 1.82) is 0 Å². The summed E-state index contributed by atoms with van der Waals surface area (Å²) in [4.78, 5) is 11.7. The molecule has 2 nitrogen and oxygen atoms in total. The van der Waals surface area contributed by atoms with Gasteiger partial charge in [0.1, 0.15) is 5.78 Å². The number of hydrogen-bond acceptors (Lipinski definition) is 2. The lowest BCUT2D eigenvalue weighted by Crippen LogP contribution is -2.43. The molecule has 0 heterocycles. The summed E-state index contributed by atoms with van der Waals surface area (Å²) in [6.07, 6.45) is 2.81. The van der Waals surface area contributed by atoms with E-state index in [2.05, 4.69) is 20.8 Å². The molecule has 1 aliphatic rings. The van der Waals surface area contributed by atoms with Crippen molar-refractivity contribution in [2.24, 2.45) is 23.5 Å². The molecule has 1 saturated carbocycles. The Hall–Kier alpha value is -0.370. The minimum atomic E-state index is 0.0787. The molecule has 0 spiro atoms. The molecule has 0 aromatic rings. The monoisotopic (exact) mass is 183 g/mol. The van der Waals surface area contributed by atoms with Crippen LogP contribution in [-0.4, -0.2) is 11.8 Å². The Morgan fingerprint density at radius 2 is 2.15 bits per heavy atom. The second-order valence-electron chi connectivity index (χ2n) is 4.59. The zero-order valence-corrected chi connectivity index (χ0v) is 8.92. The zero-order valence-electron chi connectivity index (χ0n) is 8.92. The number of nitrogens with two attached hydrogens (primary N) is 1. The Bertz CT molecular complexity index is 191. The number of carbonyl (C=O) groups excluding carboxylic acids is 1. The molecule has 0 aromatic heterocycles. The van der Waals surface area contributed by atoms with Crippen molar-refractivity contribution >= 4 is 5.78 Å². The highest BCUT2D eigenvalue weighted by atomic mass is 16.1. The lowest BCUT2D eigenvalue weighted by atomic mass is 9.71. The van der Waals surface area contributed by atoms with Crippen LogP contribution in [0, 0.1) is 17.8 Å². The molecule has 1 fully saturated rings. The standard InChI is InChI=1S/C11H21NO/c1-4-9(12)11-8(3)5-7(2)6-10(11)13/h7-9,11H,4-6,12H2,1-3H3. The Kier molecular flexibility index (Phi) is 3.48. The third-order valence-electron chi connectivity index (χ3n) is 3.24. The Morgan fingerprint density at radius 3 is 2.62 bits per heavy atom. The molecule has 4 unspecified atom stereocenters. The van der Waals surface area contributed by atoms with Crippen molar-refractivity contribution in [3.8, 4) is 0 Å².